The normalized spacial score (nSPS) is 9.25. The summed E-state index contributed by atoms with van der Waals surface area (Å²) in [7, 11) is 0. The number of benzene rings is 1. The summed E-state index contributed by atoms with van der Waals surface area (Å²) in [5.74, 6) is 0. The molecule has 0 atom stereocenters. The molecule has 0 unspecified atom stereocenters. The third kappa shape index (κ3) is 2.06. The van der Waals surface area contributed by atoms with Crippen LogP contribution in [-0.4, -0.2) is 5.16 Å². The van der Waals surface area contributed by atoms with Crippen molar-refractivity contribution in [3.63, 3.8) is 0 Å². The summed E-state index contributed by atoms with van der Waals surface area (Å²) < 4.78 is 0.734. The van der Waals surface area contributed by atoms with Crippen molar-refractivity contribution in [1.82, 2.24) is 0 Å². The van der Waals surface area contributed by atoms with Crippen LogP contribution in [-0.2, 0) is 0 Å². The summed E-state index contributed by atoms with van der Waals surface area (Å²) >= 11 is 19.3. The van der Waals surface area contributed by atoms with Gasteiger partial charge >= 0.3 is 0 Å². The fourth-order valence-electron chi connectivity index (χ4n) is 0.651. The maximum Gasteiger partial charge on any atom is 0.0941 e. The van der Waals surface area contributed by atoms with E-state index >= 15 is 0 Å². The van der Waals surface area contributed by atoms with Gasteiger partial charge in [0.1, 0.15) is 0 Å². The van der Waals surface area contributed by atoms with Crippen LogP contribution in [0.1, 0.15) is 0 Å². The molecule has 1 rings (SSSR count). The van der Waals surface area contributed by atoms with Gasteiger partial charge < -0.3 is 0 Å². The highest BCUT2D eigenvalue weighted by atomic mass is 79.9. The zero-order chi connectivity index (χ0) is 9.14. The van der Waals surface area contributed by atoms with Gasteiger partial charge in [-0.2, -0.15) is 4.99 Å². The lowest BCUT2D eigenvalue weighted by atomic mass is 10.3. The average Bonchev–Trinajstić information content (AvgIpc) is 2.07. The third-order valence-corrected chi connectivity index (χ3v) is 3.03. The van der Waals surface area contributed by atoms with E-state index in [4.69, 9.17) is 23.2 Å². The van der Waals surface area contributed by atoms with Crippen LogP contribution >= 0.6 is 51.3 Å². The second kappa shape index (κ2) is 4.35. The quantitative estimate of drug-likeness (QED) is 0.420. The highest BCUT2D eigenvalue weighted by Gasteiger charge is 2.06. The number of isothiocyanates is 1. The Morgan fingerprint density at radius 2 is 2.00 bits per heavy atom. The first-order chi connectivity index (χ1) is 5.66. The number of nitrogens with zero attached hydrogens (tertiary/aromatic N) is 1. The van der Waals surface area contributed by atoms with Gasteiger partial charge in [0, 0.05) is 4.47 Å². The van der Waals surface area contributed by atoms with Crippen molar-refractivity contribution < 1.29 is 0 Å². The third-order valence-electron chi connectivity index (χ3n) is 1.18. The first kappa shape index (κ1) is 10.2. The molecule has 0 radical (unpaired) electrons. The lowest BCUT2D eigenvalue weighted by molar-refractivity contribution is 1.53. The Bertz CT molecular complexity index is 361. The summed E-state index contributed by atoms with van der Waals surface area (Å²) in [6.45, 7) is 0. The number of hydrogen-bond donors (Lipinski definition) is 0. The van der Waals surface area contributed by atoms with Gasteiger partial charge in [0.2, 0.25) is 0 Å². The number of rotatable bonds is 1. The monoisotopic (exact) mass is 281 g/mol. The van der Waals surface area contributed by atoms with E-state index in [2.05, 4.69) is 38.3 Å². The highest BCUT2D eigenvalue weighted by Crippen LogP contribution is 2.36. The fourth-order valence-corrected chi connectivity index (χ4v) is 1.56. The van der Waals surface area contributed by atoms with Crippen LogP contribution in [0.5, 0.6) is 0 Å². The van der Waals surface area contributed by atoms with E-state index in [1.807, 2.05) is 0 Å². The van der Waals surface area contributed by atoms with Gasteiger partial charge in [-0.25, -0.2) is 0 Å². The van der Waals surface area contributed by atoms with E-state index in [0.29, 0.717) is 15.7 Å². The molecule has 0 bridgehead atoms. The van der Waals surface area contributed by atoms with E-state index in [0.717, 1.165) is 4.47 Å². The molecule has 0 aromatic heterocycles. The molecule has 0 heterocycles. The van der Waals surface area contributed by atoms with Gasteiger partial charge in [-0.3, -0.25) is 0 Å². The average molecular weight is 283 g/mol. The van der Waals surface area contributed by atoms with E-state index in [1.54, 1.807) is 12.1 Å². The molecular weight excluding hydrogens is 281 g/mol. The molecule has 0 aliphatic rings. The SMILES string of the molecule is S=C=Nc1ccc(Br)c(Cl)c1Cl. The van der Waals surface area contributed by atoms with Gasteiger partial charge in [0.25, 0.3) is 0 Å². The minimum Gasteiger partial charge on any atom is -0.193 e. The van der Waals surface area contributed by atoms with Crippen LogP contribution in [0.3, 0.4) is 0 Å². The Hall–Kier alpha value is 0.0800. The Morgan fingerprint density at radius 3 is 2.58 bits per heavy atom. The predicted molar refractivity (Wildman–Crippen MR) is 58.8 cm³/mol. The first-order valence-corrected chi connectivity index (χ1v) is 4.84. The molecule has 12 heavy (non-hydrogen) atoms. The van der Waals surface area contributed by atoms with Crippen molar-refractivity contribution >= 4 is 62.2 Å². The smallest absolute Gasteiger partial charge is 0.0941 e. The lowest BCUT2D eigenvalue weighted by Crippen LogP contribution is -1.72. The standard InChI is InChI=1S/C7H2BrCl2NS/c8-4-1-2-5(11-3-12)7(10)6(4)9/h1-2H. The molecule has 0 spiro atoms. The van der Waals surface area contributed by atoms with Crippen molar-refractivity contribution in [2.24, 2.45) is 4.99 Å². The molecule has 62 valence electrons. The summed E-state index contributed by atoms with van der Waals surface area (Å²) in [5.41, 5.74) is 0.528. The van der Waals surface area contributed by atoms with E-state index in [-0.39, 0.29) is 0 Å². The number of hydrogen-bond acceptors (Lipinski definition) is 2. The lowest BCUT2D eigenvalue weighted by Gasteiger charge is -2.00. The highest BCUT2D eigenvalue weighted by molar-refractivity contribution is 9.10. The molecule has 5 heteroatoms. The molecule has 0 saturated carbocycles. The summed E-state index contributed by atoms with van der Waals surface area (Å²) in [4.78, 5) is 3.74. The van der Waals surface area contributed by atoms with Crippen molar-refractivity contribution in [1.29, 1.82) is 0 Å². The molecule has 1 nitrogen and oxygen atoms in total. The van der Waals surface area contributed by atoms with Gasteiger partial charge in [-0.05, 0) is 40.3 Å². The molecule has 0 aliphatic carbocycles. The second-order valence-corrected chi connectivity index (χ2v) is 3.69. The topological polar surface area (TPSA) is 12.4 Å². The first-order valence-electron chi connectivity index (χ1n) is 2.88. The maximum absolute atomic E-state index is 5.84. The molecule has 1 aromatic carbocycles. The van der Waals surface area contributed by atoms with Crippen molar-refractivity contribution in [3.05, 3.63) is 26.7 Å². The zero-order valence-electron chi connectivity index (χ0n) is 5.64. The Labute approximate surface area is 93.5 Å². The number of halogens is 3. The van der Waals surface area contributed by atoms with E-state index < -0.39 is 0 Å². The molecule has 0 amide bonds. The number of thiocarbonyl (C=S) groups is 1. The van der Waals surface area contributed by atoms with Crippen molar-refractivity contribution in [2.75, 3.05) is 0 Å². The zero-order valence-corrected chi connectivity index (χ0v) is 9.56. The van der Waals surface area contributed by atoms with E-state index in [9.17, 15) is 0 Å². The summed E-state index contributed by atoms with van der Waals surface area (Å²) in [5, 5.41) is 3.03. The predicted octanol–water partition coefficient (Wildman–Crippen LogP) is 4.49. The minimum absolute atomic E-state index is 0.378. The van der Waals surface area contributed by atoms with E-state index in [1.165, 1.54) is 0 Å². The molecule has 0 N–H and O–H groups in total. The van der Waals surface area contributed by atoms with Crippen LogP contribution < -0.4 is 0 Å². The minimum atomic E-state index is 0.378. The molecule has 0 saturated heterocycles. The van der Waals surface area contributed by atoms with Gasteiger partial charge in [0.05, 0.1) is 20.9 Å². The van der Waals surface area contributed by atoms with Crippen molar-refractivity contribution in [3.8, 4) is 0 Å². The van der Waals surface area contributed by atoms with Crippen LogP contribution in [0.25, 0.3) is 0 Å². The maximum atomic E-state index is 5.84. The van der Waals surface area contributed by atoms with Gasteiger partial charge in [-0.1, -0.05) is 23.2 Å². The summed E-state index contributed by atoms with van der Waals surface area (Å²) in [6.07, 6.45) is 0. The second-order valence-electron chi connectivity index (χ2n) is 1.90. The van der Waals surface area contributed by atoms with Crippen molar-refractivity contribution in [2.45, 2.75) is 0 Å². The van der Waals surface area contributed by atoms with Crippen LogP contribution in [0, 0.1) is 0 Å². The fraction of sp³-hybridized carbons (Fsp3) is 0. The molecule has 0 aliphatic heterocycles. The summed E-state index contributed by atoms with van der Waals surface area (Å²) in [6, 6.07) is 3.46. The Balaban J connectivity index is 3.35. The van der Waals surface area contributed by atoms with Crippen LogP contribution in [0.4, 0.5) is 5.69 Å². The van der Waals surface area contributed by atoms with Gasteiger partial charge in [0.15, 0.2) is 0 Å². The molecule has 0 fully saturated rings. The largest absolute Gasteiger partial charge is 0.193 e. The Kier molecular flexibility index (Phi) is 3.69. The van der Waals surface area contributed by atoms with Gasteiger partial charge in [-0.15, -0.1) is 0 Å². The molecular formula is C7H2BrCl2NS. The van der Waals surface area contributed by atoms with Crippen LogP contribution in [0.15, 0.2) is 21.6 Å². The van der Waals surface area contributed by atoms with Crippen LogP contribution in [0.2, 0.25) is 10.0 Å². The Morgan fingerprint density at radius 1 is 1.33 bits per heavy atom. The number of aliphatic imine (C=N–C) groups is 1. The molecule has 1 aromatic rings.